The minimum atomic E-state index is -1.22. The number of hydrogen-bond donors (Lipinski definition) is 6. The van der Waals surface area contributed by atoms with Crippen LogP contribution in [0.3, 0.4) is 0 Å². The molecule has 4 unspecified atom stereocenters. The van der Waals surface area contributed by atoms with Gasteiger partial charge >= 0.3 is 5.97 Å². The number of nitrogens with one attached hydrogen (secondary N) is 3. The Bertz CT molecular complexity index is 673. The standard InChI is InChI=1S/C20H37N5O6S/c1-10(2)15(24-17(27)12(21)8-9-32-5)19(29)23-13(6-7-14(22)26)18(28)25-16(11(3)4)20(30)31/h10-13,15-16H,6-9,21H2,1-5H3,(H2,22,26)(H,23,29)(H,24,27)(H,25,28)(H,30,31). The molecule has 0 fully saturated rings. The maximum atomic E-state index is 12.9. The normalized spacial score (nSPS) is 14.9. The fraction of sp³-hybridized carbons (Fsp3) is 0.750. The largest absolute Gasteiger partial charge is 0.480 e. The number of carbonyl (C=O) groups excluding carboxylic acids is 4. The van der Waals surface area contributed by atoms with Gasteiger partial charge in [0.15, 0.2) is 0 Å². The summed E-state index contributed by atoms with van der Waals surface area (Å²) >= 11 is 1.54. The number of rotatable bonds is 15. The van der Waals surface area contributed by atoms with Crippen LogP contribution in [0.15, 0.2) is 0 Å². The van der Waals surface area contributed by atoms with E-state index in [1.165, 1.54) is 0 Å². The van der Waals surface area contributed by atoms with Crippen LogP contribution in [0.1, 0.15) is 47.0 Å². The SMILES string of the molecule is CSCCC(N)C(=O)NC(C(=O)NC(CCC(N)=O)C(=O)NC(C(=O)O)C(C)C)C(C)C. The lowest BCUT2D eigenvalue weighted by Gasteiger charge is -2.27. The van der Waals surface area contributed by atoms with Gasteiger partial charge < -0.3 is 32.5 Å². The van der Waals surface area contributed by atoms with Crippen LogP contribution < -0.4 is 27.4 Å². The molecule has 4 atom stereocenters. The molecule has 11 nitrogen and oxygen atoms in total. The second kappa shape index (κ2) is 14.7. The molecule has 0 radical (unpaired) electrons. The van der Waals surface area contributed by atoms with E-state index in [0.29, 0.717) is 12.2 Å². The van der Waals surface area contributed by atoms with Gasteiger partial charge in [0, 0.05) is 6.42 Å². The number of aliphatic carboxylic acids is 1. The first-order valence-electron chi connectivity index (χ1n) is 10.5. The van der Waals surface area contributed by atoms with Crippen LogP contribution in [-0.2, 0) is 24.0 Å². The Morgan fingerprint density at radius 3 is 1.81 bits per heavy atom. The number of primary amides is 1. The molecule has 32 heavy (non-hydrogen) atoms. The minimum absolute atomic E-state index is 0.122. The number of hydrogen-bond acceptors (Lipinski definition) is 7. The fourth-order valence-electron chi connectivity index (χ4n) is 2.76. The van der Waals surface area contributed by atoms with E-state index >= 15 is 0 Å². The van der Waals surface area contributed by atoms with Crippen LogP contribution in [0.25, 0.3) is 0 Å². The maximum absolute atomic E-state index is 12.9. The first-order chi connectivity index (χ1) is 14.8. The van der Waals surface area contributed by atoms with E-state index in [1.807, 2.05) is 6.26 Å². The molecule has 4 amide bonds. The van der Waals surface area contributed by atoms with Crippen molar-refractivity contribution < 1.29 is 29.1 Å². The number of carboxylic acids is 1. The quantitative estimate of drug-likeness (QED) is 0.177. The summed E-state index contributed by atoms with van der Waals surface area (Å²) in [4.78, 5) is 60.6. The Labute approximate surface area is 193 Å². The molecule has 0 aromatic carbocycles. The lowest BCUT2D eigenvalue weighted by Crippen LogP contribution is -2.58. The van der Waals surface area contributed by atoms with Crippen molar-refractivity contribution in [2.75, 3.05) is 12.0 Å². The molecule has 0 saturated heterocycles. The lowest BCUT2D eigenvalue weighted by atomic mass is 10.0. The van der Waals surface area contributed by atoms with Gasteiger partial charge in [-0.3, -0.25) is 19.2 Å². The third kappa shape index (κ3) is 10.8. The monoisotopic (exact) mass is 475 g/mol. The first kappa shape index (κ1) is 29.7. The molecule has 0 aromatic rings. The molecule has 184 valence electrons. The molecule has 0 saturated carbocycles. The zero-order valence-electron chi connectivity index (χ0n) is 19.3. The summed E-state index contributed by atoms with van der Waals surface area (Å²) in [6.45, 7) is 6.69. The van der Waals surface area contributed by atoms with Gasteiger partial charge in [0.25, 0.3) is 0 Å². The van der Waals surface area contributed by atoms with Gasteiger partial charge in [0.2, 0.25) is 23.6 Å². The van der Waals surface area contributed by atoms with Crippen LogP contribution >= 0.6 is 11.8 Å². The second-order valence-electron chi connectivity index (χ2n) is 8.25. The average Bonchev–Trinajstić information content (AvgIpc) is 2.69. The summed E-state index contributed by atoms with van der Waals surface area (Å²) in [5, 5.41) is 16.8. The number of amides is 4. The lowest BCUT2D eigenvalue weighted by molar-refractivity contribution is -0.143. The van der Waals surface area contributed by atoms with Crippen molar-refractivity contribution in [1.29, 1.82) is 0 Å². The fourth-order valence-corrected chi connectivity index (χ4v) is 3.25. The van der Waals surface area contributed by atoms with Gasteiger partial charge in [-0.15, -0.1) is 0 Å². The van der Waals surface area contributed by atoms with E-state index in [-0.39, 0.29) is 18.8 Å². The summed E-state index contributed by atoms with van der Waals surface area (Å²) in [6, 6.07) is -4.15. The van der Waals surface area contributed by atoms with Crippen LogP contribution in [0.4, 0.5) is 0 Å². The van der Waals surface area contributed by atoms with E-state index < -0.39 is 59.7 Å². The average molecular weight is 476 g/mol. The summed E-state index contributed by atoms with van der Waals surface area (Å²) in [7, 11) is 0. The van der Waals surface area contributed by atoms with Gasteiger partial charge in [-0.2, -0.15) is 11.8 Å². The van der Waals surface area contributed by atoms with Crippen molar-refractivity contribution in [1.82, 2.24) is 16.0 Å². The summed E-state index contributed by atoms with van der Waals surface area (Å²) < 4.78 is 0. The predicted octanol–water partition coefficient (Wildman–Crippen LogP) is -0.817. The second-order valence-corrected chi connectivity index (χ2v) is 9.24. The van der Waals surface area contributed by atoms with Crippen molar-refractivity contribution in [3.63, 3.8) is 0 Å². The maximum Gasteiger partial charge on any atom is 0.326 e. The van der Waals surface area contributed by atoms with Crippen LogP contribution in [0.2, 0.25) is 0 Å². The Hall–Kier alpha value is -2.34. The van der Waals surface area contributed by atoms with Crippen molar-refractivity contribution >= 4 is 41.4 Å². The van der Waals surface area contributed by atoms with Gasteiger partial charge in [-0.05, 0) is 36.7 Å². The Balaban J connectivity index is 5.44. The molecule has 0 heterocycles. The molecule has 0 aliphatic heterocycles. The Morgan fingerprint density at radius 2 is 1.38 bits per heavy atom. The Morgan fingerprint density at radius 1 is 0.844 bits per heavy atom. The third-order valence-corrected chi connectivity index (χ3v) is 5.40. The predicted molar refractivity (Wildman–Crippen MR) is 123 cm³/mol. The number of carboxylic acid groups (broad SMARTS) is 1. The van der Waals surface area contributed by atoms with Crippen molar-refractivity contribution in [2.45, 2.75) is 71.1 Å². The summed E-state index contributed by atoms with van der Waals surface area (Å²) in [5.74, 6) is -3.84. The highest BCUT2D eigenvalue weighted by Crippen LogP contribution is 2.08. The van der Waals surface area contributed by atoms with Crippen molar-refractivity contribution in [3.8, 4) is 0 Å². The third-order valence-electron chi connectivity index (χ3n) is 4.76. The smallest absolute Gasteiger partial charge is 0.326 e. The first-order valence-corrected chi connectivity index (χ1v) is 11.9. The van der Waals surface area contributed by atoms with Crippen molar-refractivity contribution in [3.05, 3.63) is 0 Å². The van der Waals surface area contributed by atoms with E-state index in [4.69, 9.17) is 11.5 Å². The van der Waals surface area contributed by atoms with E-state index in [9.17, 15) is 29.1 Å². The molecular weight excluding hydrogens is 438 g/mol. The number of nitrogens with two attached hydrogens (primary N) is 2. The molecule has 0 bridgehead atoms. The molecule has 12 heteroatoms. The van der Waals surface area contributed by atoms with Gasteiger partial charge in [0.05, 0.1) is 6.04 Å². The number of carbonyl (C=O) groups is 5. The highest BCUT2D eigenvalue weighted by molar-refractivity contribution is 7.98. The minimum Gasteiger partial charge on any atom is -0.480 e. The molecule has 8 N–H and O–H groups in total. The van der Waals surface area contributed by atoms with E-state index in [1.54, 1.807) is 39.5 Å². The van der Waals surface area contributed by atoms with E-state index in [0.717, 1.165) is 0 Å². The van der Waals surface area contributed by atoms with Crippen LogP contribution in [0, 0.1) is 11.8 Å². The molecular formula is C20H37N5O6S. The highest BCUT2D eigenvalue weighted by atomic mass is 32.2. The zero-order valence-corrected chi connectivity index (χ0v) is 20.2. The molecule has 0 rings (SSSR count). The van der Waals surface area contributed by atoms with Gasteiger partial charge in [0.1, 0.15) is 18.1 Å². The van der Waals surface area contributed by atoms with Crippen LogP contribution in [-0.4, -0.2) is 70.9 Å². The van der Waals surface area contributed by atoms with E-state index in [2.05, 4.69) is 16.0 Å². The molecule has 0 spiro atoms. The molecule has 0 aliphatic rings. The number of thioether (sulfide) groups is 1. The molecule has 0 aliphatic carbocycles. The highest BCUT2D eigenvalue weighted by Gasteiger charge is 2.32. The summed E-state index contributed by atoms with van der Waals surface area (Å²) in [6.07, 6.45) is 2.01. The van der Waals surface area contributed by atoms with Gasteiger partial charge in [-0.25, -0.2) is 4.79 Å². The van der Waals surface area contributed by atoms with Crippen LogP contribution in [0.5, 0.6) is 0 Å². The zero-order chi connectivity index (χ0) is 25.0. The Kier molecular flexibility index (Phi) is 13.6. The summed E-state index contributed by atoms with van der Waals surface area (Å²) in [5.41, 5.74) is 11.0. The topological polar surface area (TPSA) is 194 Å². The van der Waals surface area contributed by atoms with Crippen molar-refractivity contribution in [2.24, 2.45) is 23.3 Å². The molecule has 0 aromatic heterocycles. The van der Waals surface area contributed by atoms with Gasteiger partial charge in [-0.1, -0.05) is 27.7 Å².